The standard InChI is InChI=1S/C15H22N2O2/c1-12-4-2-3-9-17(12)11-14-7-5-13(6-8-14)10-16-15(18)19/h5-8,12,16H,2-4,9-11H2,1H3,(H,18,19). The second-order valence-corrected chi connectivity index (χ2v) is 5.29. The van der Waals surface area contributed by atoms with Crippen LogP contribution in [0, 0.1) is 0 Å². The highest BCUT2D eigenvalue weighted by Crippen LogP contribution is 2.19. The van der Waals surface area contributed by atoms with Crippen LogP contribution in [0.3, 0.4) is 0 Å². The van der Waals surface area contributed by atoms with Crippen molar-refractivity contribution in [3.63, 3.8) is 0 Å². The van der Waals surface area contributed by atoms with Crippen LogP contribution < -0.4 is 5.32 Å². The first-order valence-corrected chi connectivity index (χ1v) is 6.94. The van der Waals surface area contributed by atoms with Gasteiger partial charge in [0.1, 0.15) is 0 Å². The van der Waals surface area contributed by atoms with Crippen LogP contribution in [0.5, 0.6) is 0 Å². The van der Waals surface area contributed by atoms with Gasteiger partial charge in [-0.2, -0.15) is 0 Å². The van der Waals surface area contributed by atoms with Crippen molar-refractivity contribution in [1.29, 1.82) is 0 Å². The van der Waals surface area contributed by atoms with Gasteiger partial charge in [0.15, 0.2) is 0 Å². The fourth-order valence-corrected chi connectivity index (χ4v) is 2.57. The lowest BCUT2D eigenvalue weighted by molar-refractivity contribution is 0.152. The molecule has 1 atom stereocenters. The van der Waals surface area contributed by atoms with E-state index in [0.717, 1.165) is 12.1 Å². The summed E-state index contributed by atoms with van der Waals surface area (Å²) >= 11 is 0. The molecule has 19 heavy (non-hydrogen) atoms. The van der Waals surface area contributed by atoms with E-state index >= 15 is 0 Å². The lowest BCUT2D eigenvalue weighted by Gasteiger charge is -2.33. The van der Waals surface area contributed by atoms with Crippen molar-refractivity contribution in [2.75, 3.05) is 6.54 Å². The van der Waals surface area contributed by atoms with Gasteiger partial charge in [-0.15, -0.1) is 0 Å². The molecule has 0 aliphatic carbocycles. The highest BCUT2D eigenvalue weighted by atomic mass is 16.4. The van der Waals surface area contributed by atoms with Gasteiger partial charge in [0.05, 0.1) is 0 Å². The van der Waals surface area contributed by atoms with Crippen LogP contribution >= 0.6 is 0 Å². The largest absolute Gasteiger partial charge is 0.465 e. The Morgan fingerprint density at radius 3 is 2.63 bits per heavy atom. The molecule has 0 spiro atoms. The van der Waals surface area contributed by atoms with Crippen LogP contribution in [0.2, 0.25) is 0 Å². The average molecular weight is 262 g/mol. The number of carbonyl (C=O) groups is 1. The van der Waals surface area contributed by atoms with Crippen molar-refractivity contribution in [3.05, 3.63) is 35.4 Å². The van der Waals surface area contributed by atoms with Crippen LogP contribution in [-0.2, 0) is 13.1 Å². The highest BCUT2D eigenvalue weighted by molar-refractivity contribution is 5.64. The number of hydrogen-bond donors (Lipinski definition) is 2. The Hall–Kier alpha value is -1.55. The quantitative estimate of drug-likeness (QED) is 0.877. The van der Waals surface area contributed by atoms with Crippen LogP contribution in [0.1, 0.15) is 37.3 Å². The molecular formula is C15H22N2O2. The van der Waals surface area contributed by atoms with Crippen LogP contribution in [0.4, 0.5) is 4.79 Å². The fourth-order valence-electron chi connectivity index (χ4n) is 2.57. The summed E-state index contributed by atoms with van der Waals surface area (Å²) in [7, 11) is 0. The molecule has 4 nitrogen and oxygen atoms in total. The predicted molar refractivity (Wildman–Crippen MR) is 75.0 cm³/mol. The molecule has 1 unspecified atom stereocenters. The van der Waals surface area contributed by atoms with Crippen molar-refractivity contribution >= 4 is 6.09 Å². The summed E-state index contributed by atoms with van der Waals surface area (Å²) in [4.78, 5) is 12.9. The maximum Gasteiger partial charge on any atom is 0.404 e. The first kappa shape index (κ1) is 13.9. The van der Waals surface area contributed by atoms with Gasteiger partial charge >= 0.3 is 6.09 Å². The van der Waals surface area contributed by atoms with Crippen LogP contribution in [0.25, 0.3) is 0 Å². The van der Waals surface area contributed by atoms with E-state index in [1.165, 1.54) is 31.4 Å². The number of nitrogens with zero attached hydrogens (tertiary/aromatic N) is 1. The van der Waals surface area contributed by atoms with Crippen molar-refractivity contribution in [2.45, 2.75) is 45.3 Å². The van der Waals surface area contributed by atoms with Gasteiger partial charge in [0.2, 0.25) is 0 Å². The summed E-state index contributed by atoms with van der Waals surface area (Å²) in [5.74, 6) is 0. The molecule has 1 aromatic rings. The van der Waals surface area contributed by atoms with E-state index in [9.17, 15) is 4.79 Å². The smallest absolute Gasteiger partial charge is 0.404 e. The van der Waals surface area contributed by atoms with Crippen molar-refractivity contribution in [2.24, 2.45) is 0 Å². The molecule has 0 aromatic heterocycles. The first-order valence-electron chi connectivity index (χ1n) is 6.94. The predicted octanol–water partition coefficient (Wildman–Crippen LogP) is 2.83. The Kier molecular flexibility index (Phi) is 4.80. The summed E-state index contributed by atoms with van der Waals surface area (Å²) in [6.45, 7) is 4.84. The van der Waals surface area contributed by atoms with E-state index in [4.69, 9.17) is 5.11 Å². The van der Waals surface area contributed by atoms with Crippen molar-refractivity contribution < 1.29 is 9.90 Å². The topological polar surface area (TPSA) is 52.6 Å². The minimum Gasteiger partial charge on any atom is -0.465 e. The zero-order valence-corrected chi connectivity index (χ0v) is 11.4. The average Bonchev–Trinajstić information content (AvgIpc) is 2.40. The molecular weight excluding hydrogens is 240 g/mol. The Bertz CT molecular complexity index is 417. The highest BCUT2D eigenvalue weighted by Gasteiger charge is 2.17. The maximum absolute atomic E-state index is 10.4. The summed E-state index contributed by atoms with van der Waals surface area (Å²) in [6.07, 6.45) is 2.95. The molecule has 0 radical (unpaired) electrons. The monoisotopic (exact) mass is 262 g/mol. The molecule has 1 saturated heterocycles. The van der Waals surface area contributed by atoms with E-state index in [1.54, 1.807) is 0 Å². The third-order valence-corrected chi connectivity index (χ3v) is 3.79. The number of hydrogen-bond acceptors (Lipinski definition) is 2. The third-order valence-electron chi connectivity index (χ3n) is 3.79. The molecule has 1 amide bonds. The Balaban J connectivity index is 1.89. The van der Waals surface area contributed by atoms with E-state index in [-0.39, 0.29) is 0 Å². The third kappa shape index (κ3) is 4.24. The summed E-state index contributed by atoms with van der Waals surface area (Å²) in [5, 5.41) is 10.9. The molecule has 0 bridgehead atoms. The van der Waals surface area contributed by atoms with E-state index in [2.05, 4.69) is 29.3 Å². The number of likely N-dealkylation sites (tertiary alicyclic amines) is 1. The minimum atomic E-state index is -0.980. The van der Waals surface area contributed by atoms with E-state index in [0.29, 0.717) is 12.6 Å². The Labute approximate surface area is 114 Å². The number of amides is 1. The number of carboxylic acid groups (broad SMARTS) is 1. The normalized spacial score (nSPS) is 20.2. The number of benzene rings is 1. The van der Waals surface area contributed by atoms with E-state index in [1.807, 2.05) is 12.1 Å². The van der Waals surface area contributed by atoms with E-state index < -0.39 is 6.09 Å². The van der Waals surface area contributed by atoms with Gasteiger partial charge in [-0.25, -0.2) is 4.79 Å². The molecule has 1 heterocycles. The Morgan fingerprint density at radius 1 is 1.32 bits per heavy atom. The maximum atomic E-state index is 10.4. The van der Waals surface area contributed by atoms with Crippen LogP contribution in [-0.4, -0.2) is 28.7 Å². The number of piperidine rings is 1. The lowest BCUT2D eigenvalue weighted by Crippen LogP contribution is -2.36. The fraction of sp³-hybridized carbons (Fsp3) is 0.533. The second kappa shape index (κ2) is 6.57. The Morgan fingerprint density at radius 2 is 2.00 bits per heavy atom. The number of nitrogens with one attached hydrogen (secondary N) is 1. The van der Waals surface area contributed by atoms with Crippen molar-refractivity contribution in [3.8, 4) is 0 Å². The lowest BCUT2D eigenvalue weighted by atomic mass is 10.0. The summed E-state index contributed by atoms with van der Waals surface area (Å²) in [6, 6.07) is 8.86. The summed E-state index contributed by atoms with van der Waals surface area (Å²) < 4.78 is 0. The zero-order valence-electron chi connectivity index (χ0n) is 11.4. The molecule has 1 fully saturated rings. The SMILES string of the molecule is CC1CCCCN1Cc1ccc(CNC(=O)O)cc1. The molecule has 2 rings (SSSR count). The molecule has 0 saturated carbocycles. The summed E-state index contributed by atoms with van der Waals surface area (Å²) in [5.41, 5.74) is 2.30. The van der Waals surface area contributed by atoms with Crippen LogP contribution in [0.15, 0.2) is 24.3 Å². The van der Waals surface area contributed by atoms with Gasteiger partial charge in [-0.05, 0) is 37.4 Å². The van der Waals surface area contributed by atoms with Crippen molar-refractivity contribution in [1.82, 2.24) is 10.2 Å². The second-order valence-electron chi connectivity index (χ2n) is 5.29. The van der Waals surface area contributed by atoms with Gasteiger partial charge in [0.25, 0.3) is 0 Å². The molecule has 104 valence electrons. The van der Waals surface area contributed by atoms with Gasteiger partial charge < -0.3 is 10.4 Å². The molecule has 4 heteroatoms. The van der Waals surface area contributed by atoms with Gasteiger partial charge in [-0.3, -0.25) is 4.90 Å². The van der Waals surface area contributed by atoms with Gasteiger partial charge in [-0.1, -0.05) is 30.7 Å². The first-order chi connectivity index (χ1) is 9.15. The van der Waals surface area contributed by atoms with Gasteiger partial charge in [0, 0.05) is 19.1 Å². The zero-order chi connectivity index (χ0) is 13.7. The molecule has 1 aromatic carbocycles. The number of rotatable bonds is 4. The molecule has 2 N–H and O–H groups in total. The molecule has 1 aliphatic heterocycles. The molecule has 1 aliphatic rings. The minimum absolute atomic E-state index is 0.371.